The number of carbonyl (C=O) groups excluding carboxylic acids is 1. The smallest absolute Gasteiger partial charge is 0.261 e. The fourth-order valence-corrected chi connectivity index (χ4v) is 3.89. The number of hydrogen-bond acceptors (Lipinski definition) is 4. The molecule has 1 saturated heterocycles. The number of nitrogens with one attached hydrogen (secondary N) is 1. The predicted molar refractivity (Wildman–Crippen MR) is 96.9 cm³/mol. The van der Waals surface area contributed by atoms with Gasteiger partial charge in [-0.05, 0) is 43.7 Å². The van der Waals surface area contributed by atoms with Crippen LogP contribution in [0.25, 0.3) is 0 Å². The van der Waals surface area contributed by atoms with E-state index in [4.69, 9.17) is 5.73 Å². The normalized spacial score (nSPS) is 17.5. The fraction of sp³-hybridized carbons (Fsp3) is 0.278. The number of aryl methyl sites for hydroxylation is 1. The third-order valence-electron chi connectivity index (χ3n) is 4.21. The molecule has 7 heteroatoms. The molecule has 1 aliphatic heterocycles. The number of hydrogen-bond donors (Lipinski definition) is 2. The summed E-state index contributed by atoms with van der Waals surface area (Å²) in [6.45, 7) is 3.02. The van der Waals surface area contributed by atoms with Crippen molar-refractivity contribution in [3.8, 4) is 0 Å². The Bertz CT molecular complexity index is 879. The highest BCUT2D eigenvalue weighted by Gasteiger charge is 2.25. The molecule has 0 spiro atoms. The number of benzene rings is 2. The molecule has 0 unspecified atom stereocenters. The first-order chi connectivity index (χ1) is 11.8. The van der Waals surface area contributed by atoms with Gasteiger partial charge in [0.25, 0.3) is 15.9 Å². The molecule has 3 N–H and O–H groups in total. The van der Waals surface area contributed by atoms with Crippen LogP contribution >= 0.6 is 0 Å². The molecule has 1 atom stereocenters. The van der Waals surface area contributed by atoms with Gasteiger partial charge in [0.15, 0.2) is 0 Å². The van der Waals surface area contributed by atoms with Crippen molar-refractivity contribution in [2.75, 3.05) is 17.8 Å². The van der Waals surface area contributed by atoms with Crippen molar-refractivity contribution in [3.63, 3.8) is 0 Å². The Labute approximate surface area is 147 Å². The van der Waals surface area contributed by atoms with E-state index in [1.807, 2.05) is 19.1 Å². The molecule has 0 radical (unpaired) electrons. The van der Waals surface area contributed by atoms with Gasteiger partial charge in [0.1, 0.15) is 0 Å². The summed E-state index contributed by atoms with van der Waals surface area (Å²) in [6.07, 6.45) is 0.763. The molecule has 0 aliphatic carbocycles. The topological polar surface area (TPSA) is 92.5 Å². The zero-order valence-corrected chi connectivity index (χ0v) is 14.8. The van der Waals surface area contributed by atoms with Crippen molar-refractivity contribution in [3.05, 3.63) is 59.7 Å². The number of carbonyl (C=O) groups is 1. The van der Waals surface area contributed by atoms with Crippen LogP contribution in [0, 0.1) is 6.92 Å². The minimum Gasteiger partial charge on any atom is -0.337 e. The molecule has 1 heterocycles. The third-order valence-corrected chi connectivity index (χ3v) is 5.59. The summed E-state index contributed by atoms with van der Waals surface area (Å²) >= 11 is 0. The van der Waals surface area contributed by atoms with Gasteiger partial charge in [0.2, 0.25) is 0 Å². The third kappa shape index (κ3) is 4.00. The Kier molecular flexibility index (Phi) is 4.78. The largest absolute Gasteiger partial charge is 0.337 e. The van der Waals surface area contributed by atoms with Gasteiger partial charge in [-0.15, -0.1) is 0 Å². The number of rotatable bonds is 4. The molecule has 2 aromatic carbocycles. The predicted octanol–water partition coefficient (Wildman–Crippen LogP) is 1.97. The maximum absolute atomic E-state index is 12.6. The fourth-order valence-electron chi connectivity index (χ4n) is 2.79. The average Bonchev–Trinajstić information content (AvgIpc) is 3.03. The van der Waals surface area contributed by atoms with Crippen LogP contribution in [0.15, 0.2) is 53.4 Å². The molecule has 132 valence electrons. The summed E-state index contributed by atoms with van der Waals surface area (Å²) in [5.41, 5.74) is 7.71. The Morgan fingerprint density at radius 1 is 1.20 bits per heavy atom. The second-order valence-electron chi connectivity index (χ2n) is 6.30. The van der Waals surface area contributed by atoms with Crippen LogP contribution < -0.4 is 10.5 Å². The van der Waals surface area contributed by atoms with E-state index in [1.54, 1.807) is 29.2 Å². The maximum Gasteiger partial charge on any atom is 0.261 e. The number of nitrogens with two attached hydrogens (primary N) is 1. The molecule has 6 nitrogen and oxygen atoms in total. The number of likely N-dealkylation sites (tertiary alicyclic amines) is 1. The second kappa shape index (κ2) is 6.85. The van der Waals surface area contributed by atoms with Crippen molar-refractivity contribution < 1.29 is 13.2 Å². The Hall–Kier alpha value is -2.38. The minimum absolute atomic E-state index is 0.0148. The highest BCUT2D eigenvalue weighted by molar-refractivity contribution is 7.92. The van der Waals surface area contributed by atoms with Crippen LogP contribution in [0.2, 0.25) is 0 Å². The molecular weight excluding hydrogens is 338 g/mol. The van der Waals surface area contributed by atoms with E-state index in [0.29, 0.717) is 24.3 Å². The van der Waals surface area contributed by atoms with Crippen molar-refractivity contribution in [2.24, 2.45) is 5.73 Å². The van der Waals surface area contributed by atoms with E-state index in [1.165, 1.54) is 12.1 Å². The molecule has 1 amide bonds. The minimum atomic E-state index is -3.76. The SMILES string of the molecule is Cc1ccc(NS(=O)(=O)c2cccc(C(=O)N3CC[C@@H](N)C3)c2)cc1. The second-order valence-corrected chi connectivity index (χ2v) is 7.98. The van der Waals surface area contributed by atoms with Gasteiger partial charge in [-0.1, -0.05) is 23.8 Å². The van der Waals surface area contributed by atoms with Crippen LogP contribution in [0.1, 0.15) is 22.3 Å². The van der Waals surface area contributed by atoms with E-state index in [-0.39, 0.29) is 16.8 Å². The van der Waals surface area contributed by atoms with Crippen molar-refractivity contribution >= 4 is 21.6 Å². The van der Waals surface area contributed by atoms with Crippen LogP contribution in [0.5, 0.6) is 0 Å². The van der Waals surface area contributed by atoms with Crippen molar-refractivity contribution in [1.29, 1.82) is 0 Å². The zero-order valence-electron chi connectivity index (χ0n) is 14.0. The van der Waals surface area contributed by atoms with Gasteiger partial charge in [0, 0.05) is 30.4 Å². The van der Waals surface area contributed by atoms with Gasteiger partial charge < -0.3 is 10.6 Å². The van der Waals surface area contributed by atoms with Crippen LogP contribution in [-0.2, 0) is 10.0 Å². The number of nitrogens with zero attached hydrogens (tertiary/aromatic N) is 1. The first kappa shape index (κ1) is 17.4. The van der Waals surface area contributed by atoms with Crippen LogP contribution in [-0.4, -0.2) is 38.4 Å². The lowest BCUT2D eigenvalue weighted by atomic mass is 10.2. The lowest BCUT2D eigenvalue weighted by Gasteiger charge is -2.16. The van der Waals surface area contributed by atoms with Gasteiger partial charge in [-0.2, -0.15) is 0 Å². The molecule has 1 aliphatic rings. The molecule has 1 fully saturated rings. The zero-order chi connectivity index (χ0) is 18.0. The summed E-state index contributed by atoms with van der Waals surface area (Å²) in [7, 11) is -3.76. The standard InChI is InChI=1S/C18H21N3O3S/c1-13-5-7-16(8-6-13)20-25(23,24)17-4-2-3-14(11-17)18(22)21-10-9-15(19)12-21/h2-8,11,15,20H,9-10,12,19H2,1H3/t15-/m1/s1. The summed E-state index contributed by atoms with van der Waals surface area (Å²) in [5.74, 6) is -0.194. The quantitative estimate of drug-likeness (QED) is 0.873. The Morgan fingerprint density at radius 2 is 1.92 bits per heavy atom. The van der Waals surface area contributed by atoms with Crippen molar-refractivity contribution in [2.45, 2.75) is 24.3 Å². The van der Waals surface area contributed by atoms with E-state index in [0.717, 1.165) is 12.0 Å². The number of anilines is 1. The highest BCUT2D eigenvalue weighted by atomic mass is 32.2. The van der Waals surface area contributed by atoms with E-state index < -0.39 is 10.0 Å². The first-order valence-electron chi connectivity index (χ1n) is 8.09. The Morgan fingerprint density at radius 3 is 2.56 bits per heavy atom. The van der Waals surface area contributed by atoms with E-state index in [9.17, 15) is 13.2 Å². The lowest BCUT2D eigenvalue weighted by molar-refractivity contribution is 0.0790. The number of sulfonamides is 1. The number of amides is 1. The van der Waals surface area contributed by atoms with Gasteiger partial charge in [-0.25, -0.2) is 8.42 Å². The van der Waals surface area contributed by atoms with Gasteiger partial charge in [-0.3, -0.25) is 9.52 Å². The van der Waals surface area contributed by atoms with E-state index >= 15 is 0 Å². The monoisotopic (exact) mass is 359 g/mol. The van der Waals surface area contributed by atoms with Gasteiger partial charge in [0.05, 0.1) is 4.90 Å². The summed E-state index contributed by atoms with van der Waals surface area (Å²) in [4.78, 5) is 14.2. The molecule has 0 bridgehead atoms. The highest BCUT2D eigenvalue weighted by Crippen LogP contribution is 2.19. The summed E-state index contributed by atoms with van der Waals surface area (Å²) in [5, 5.41) is 0. The van der Waals surface area contributed by atoms with Gasteiger partial charge >= 0.3 is 0 Å². The molecule has 0 aromatic heterocycles. The molecule has 2 aromatic rings. The first-order valence-corrected chi connectivity index (χ1v) is 9.58. The van der Waals surface area contributed by atoms with Crippen molar-refractivity contribution in [1.82, 2.24) is 4.90 Å². The maximum atomic E-state index is 12.6. The molecule has 25 heavy (non-hydrogen) atoms. The average molecular weight is 359 g/mol. The van der Waals surface area contributed by atoms with Crippen LogP contribution in [0.3, 0.4) is 0 Å². The van der Waals surface area contributed by atoms with E-state index in [2.05, 4.69) is 4.72 Å². The molecule has 0 saturated carbocycles. The summed E-state index contributed by atoms with van der Waals surface area (Å²) in [6, 6.07) is 13.1. The molecule has 3 rings (SSSR count). The molecular formula is C18H21N3O3S. The Balaban J connectivity index is 1.82. The summed E-state index contributed by atoms with van der Waals surface area (Å²) < 4.78 is 27.7. The lowest BCUT2D eigenvalue weighted by Crippen LogP contribution is -2.32. The van der Waals surface area contributed by atoms with Crippen LogP contribution in [0.4, 0.5) is 5.69 Å².